The Morgan fingerprint density at radius 2 is 2.04 bits per heavy atom. The third-order valence-electron chi connectivity index (χ3n) is 4.27. The highest BCUT2D eigenvalue weighted by molar-refractivity contribution is 8.00. The fourth-order valence-electron chi connectivity index (χ4n) is 3.06. The van der Waals surface area contributed by atoms with Crippen molar-refractivity contribution in [1.82, 2.24) is 0 Å². The Balaban J connectivity index is 1.67. The minimum atomic E-state index is -0.823. The van der Waals surface area contributed by atoms with Crippen LogP contribution in [0.15, 0.2) is 23.1 Å². The normalized spacial score (nSPS) is 23.6. The Morgan fingerprint density at radius 1 is 1.26 bits per heavy atom. The molecule has 0 saturated heterocycles. The van der Waals surface area contributed by atoms with E-state index >= 15 is 0 Å². The molecular weight excluding hydrogens is 316 g/mol. The SMILES string of the molecule is O=C1CSc2ccc(NC(=O)C3CCCC(C(=O)O)C3)cc2N1. The number of carbonyl (C=O) groups is 3. The number of aliphatic carboxylic acids is 1. The molecule has 1 fully saturated rings. The molecule has 122 valence electrons. The van der Waals surface area contributed by atoms with E-state index < -0.39 is 11.9 Å². The number of amides is 2. The largest absolute Gasteiger partial charge is 0.481 e. The van der Waals surface area contributed by atoms with Crippen LogP contribution < -0.4 is 10.6 Å². The first-order valence-corrected chi connectivity index (χ1v) is 8.62. The van der Waals surface area contributed by atoms with Crippen LogP contribution in [0.3, 0.4) is 0 Å². The van der Waals surface area contributed by atoms with Crippen molar-refractivity contribution in [2.75, 3.05) is 16.4 Å². The molecule has 1 aromatic carbocycles. The number of benzene rings is 1. The van der Waals surface area contributed by atoms with E-state index in [0.29, 0.717) is 36.4 Å². The van der Waals surface area contributed by atoms with Crippen LogP contribution >= 0.6 is 11.8 Å². The molecule has 2 amide bonds. The molecule has 2 unspecified atom stereocenters. The highest BCUT2D eigenvalue weighted by atomic mass is 32.2. The van der Waals surface area contributed by atoms with E-state index in [1.165, 1.54) is 11.8 Å². The zero-order valence-corrected chi connectivity index (χ0v) is 13.3. The molecule has 2 aliphatic rings. The minimum Gasteiger partial charge on any atom is -0.481 e. The van der Waals surface area contributed by atoms with E-state index in [1.807, 2.05) is 6.07 Å². The van der Waals surface area contributed by atoms with Gasteiger partial charge in [-0.25, -0.2) is 0 Å². The Labute approximate surface area is 138 Å². The lowest BCUT2D eigenvalue weighted by Crippen LogP contribution is -2.31. The van der Waals surface area contributed by atoms with Crippen molar-refractivity contribution in [3.8, 4) is 0 Å². The zero-order valence-electron chi connectivity index (χ0n) is 12.5. The van der Waals surface area contributed by atoms with Crippen molar-refractivity contribution in [2.24, 2.45) is 11.8 Å². The lowest BCUT2D eigenvalue weighted by atomic mass is 9.81. The van der Waals surface area contributed by atoms with Crippen LogP contribution in [0.4, 0.5) is 11.4 Å². The van der Waals surface area contributed by atoms with Gasteiger partial charge in [0.1, 0.15) is 0 Å². The standard InChI is InChI=1S/C16H18N2O4S/c19-14-8-23-13-5-4-11(7-12(13)18-14)17-15(20)9-2-1-3-10(6-9)16(21)22/h4-5,7,9-10H,1-3,6,8H2,(H,17,20)(H,18,19)(H,21,22). The highest BCUT2D eigenvalue weighted by Gasteiger charge is 2.31. The van der Waals surface area contributed by atoms with Crippen molar-refractivity contribution >= 4 is 40.9 Å². The van der Waals surface area contributed by atoms with Gasteiger partial charge in [0, 0.05) is 16.5 Å². The maximum absolute atomic E-state index is 12.4. The van der Waals surface area contributed by atoms with Gasteiger partial charge < -0.3 is 15.7 Å². The molecule has 2 atom stereocenters. The molecule has 3 N–H and O–H groups in total. The van der Waals surface area contributed by atoms with Crippen LogP contribution in [-0.2, 0) is 14.4 Å². The van der Waals surface area contributed by atoms with Gasteiger partial charge in [-0.2, -0.15) is 0 Å². The van der Waals surface area contributed by atoms with Gasteiger partial charge in [0.2, 0.25) is 11.8 Å². The Kier molecular flexibility index (Phi) is 4.56. The number of carbonyl (C=O) groups excluding carboxylic acids is 2. The topological polar surface area (TPSA) is 95.5 Å². The van der Waals surface area contributed by atoms with Crippen LogP contribution in [0.5, 0.6) is 0 Å². The van der Waals surface area contributed by atoms with Gasteiger partial charge >= 0.3 is 5.97 Å². The average Bonchev–Trinajstić information content (AvgIpc) is 2.54. The molecule has 7 heteroatoms. The number of rotatable bonds is 3. The molecule has 3 rings (SSSR count). The third-order valence-corrected chi connectivity index (χ3v) is 5.35. The average molecular weight is 334 g/mol. The Morgan fingerprint density at radius 3 is 2.83 bits per heavy atom. The predicted molar refractivity (Wildman–Crippen MR) is 87.5 cm³/mol. The molecule has 0 spiro atoms. The number of thioether (sulfide) groups is 1. The third kappa shape index (κ3) is 3.67. The first kappa shape index (κ1) is 15.9. The number of carboxylic acids is 1. The monoisotopic (exact) mass is 334 g/mol. The summed E-state index contributed by atoms with van der Waals surface area (Å²) in [5.41, 5.74) is 1.32. The van der Waals surface area contributed by atoms with Gasteiger partial charge in [0.05, 0.1) is 17.4 Å². The Bertz CT molecular complexity index is 661. The molecule has 23 heavy (non-hydrogen) atoms. The molecule has 1 aliphatic heterocycles. The second-order valence-corrected chi connectivity index (χ2v) is 6.95. The summed E-state index contributed by atoms with van der Waals surface area (Å²) in [7, 11) is 0. The summed E-state index contributed by atoms with van der Waals surface area (Å²) in [4.78, 5) is 35.9. The van der Waals surface area contributed by atoms with Gasteiger partial charge in [-0.05, 0) is 37.5 Å². The second kappa shape index (κ2) is 6.62. The highest BCUT2D eigenvalue weighted by Crippen LogP contribution is 2.34. The number of hydrogen-bond acceptors (Lipinski definition) is 4. The van der Waals surface area contributed by atoms with Crippen LogP contribution in [0, 0.1) is 11.8 Å². The second-order valence-electron chi connectivity index (χ2n) is 5.94. The maximum atomic E-state index is 12.4. The molecule has 1 aliphatic carbocycles. The van der Waals surface area contributed by atoms with Crippen LogP contribution in [0.25, 0.3) is 0 Å². The maximum Gasteiger partial charge on any atom is 0.306 e. The van der Waals surface area contributed by atoms with Crippen molar-refractivity contribution in [3.05, 3.63) is 18.2 Å². The fourth-order valence-corrected chi connectivity index (χ4v) is 3.85. The number of anilines is 2. The van der Waals surface area contributed by atoms with E-state index in [4.69, 9.17) is 5.11 Å². The molecule has 1 aromatic rings. The fraction of sp³-hybridized carbons (Fsp3) is 0.438. The smallest absolute Gasteiger partial charge is 0.306 e. The van der Waals surface area contributed by atoms with Gasteiger partial charge in [0.25, 0.3) is 0 Å². The first-order valence-electron chi connectivity index (χ1n) is 7.63. The van der Waals surface area contributed by atoms with Crippen LogP contribution in [0.1, 0.15) is 25.7 Å². The van der Waals surface area contributed by atoms with Crippen molar-refractivity contribution in [1.29, 1.82) is 0 Å². The van der Waals surface area contributed by atoms with Crippen LogP contribution in [-0.4, -0.2) is 28.6 Å². The number of fused-ring (bicyclic) bond motifs is 1. The lowest BCUT2D eigenvalue weighted by molar-refractivity contribution is -0.143. The van der Waals surface area contributed by atoms with Gasteiger partial charge in [-0.1, -0.05) is 6.42 Å². The van der Waals surface area contributed by atoms with E-state index in [-0.39, 0.29) is 17.7 Å². The summed E-state index contributed by atoms with van der Waals surface area (Å²) in [6, 6.07) is 5.42. The molecule has 0 aromatic heterocycles. The summed E-state index contributed by atoms with van der Waals surface area (Å²) >= 11 is 1.47. The summed E-state index contributed by atoms with van der Waals surface area (Å²) in [6.07, 6.45) is 2.50. The molecule has 0 bridgehead atoms. The first-order chi connectivity index (χ1) is 11.0. The molecule has 1 saturated carbocycles. The summed E-state index contributed by atoms with van der Waals surface area (Å²) in [5, 5.41) is 14.7. The van der Waals surface area contributed by atoms with Crippen molar-refractivity contribution in [3.63, 3.8) is 0 Å². The number of nitrogens with one attached hydrogen (secondary N) is 2. The van der Waals surface area contributed by atoms with E-state index in [0.717, 1.165) is 11.3 Å². The molecular formula is C16H18N2O4S. The van der Waals surface area contributed by atoms with Crippen LogP contribution in [0.2, 0.25) is 0 Å². The van der Waals surface area contributed by atoms with E-state index in [2.05, 4.69) is 10.6 Å². The molecule has 1 heterocycles. The lowest BCUT2D eigenvalue weighted by Gasteiger charge is -2.26. The minimum absolute atomic E-state index is 0.0532. The summed E-state index contributed by atoms with van der Waals surface area (Å²) < 4.78 is 0. The van der Waals surface area contributed by atoms with E-state index in [1.54, 1.807) is 12.1 Å². The molecule has 0 radical (unpaired) electrons. The predicted octanol–water partition coefficient (Wildman–Crippen LogP) is 2.56. The summed E-state index contributed by atoms with van der Waals surface area (Å²) in [5.74, 6) is -1.33. The zero-order chi connectivity index (χ0) is 16.4. The van der Waals surface area contributed by atoms with Gasteiger partial charge in [-0.15, -0.1) is 11.8 Å². The Hall–Kier alpha value is -2.02. The van der Waals surface area contributed by atoms with E-state index in [9.17, 15) is 14.4 Å². The molecule has 6 nitrogen and oxygen atoms in total. The number of hydrogen-bond donors (Lipinski definition) is 3. The van der Waals surface area contributed by atoms with Crippen molar-refractivity contribution < 1.29 is 19.5 Å². The van der Waals surface area contributed by atoms with Crippen molar-refractivity contribution in [2.45, 2.75) is 30.6 Å². The van der Waals surface area contributed by atoms with Gasteiger partial charge in [0.15, 0.2) is 0 Å². The number of carboxylic acid groups (broad SMARTS) is 1. The summed E-state index contributed by atoms with van der Waals surface area (Å²) in [6.45, 7) is 0. The quantitative estimate of drug-likeness (QED) is 0.789. The van der Waals surface area contributed by atoms with Gasteiger partial charge in [-0.3, -0.25) is 14.4 Å².